The Kier molecular flexibility index (Phi) is 5.31. The third kappa shape index (κ3) is 4.43. The van der Waals surface area contributed by atoms with Gasteiger partial charge in [0.05, 0.1) is 18.8 Å². The quantitative estimate of drug-likeness (QED) is 0.749. The van der Waals surface area contributed by atoms with E-state index < -0.39 is 10.0 Å². The number of carbonyl (C=O) groups excluding carboxylic acids is 1. The van der Waals surface area contributed by atoms with Crippen molar-refractivity contribution in [2.75, 3.05) is 12.9 Å². The van der Waals surface area contributed by atoms with Gasteiger partial charge in [0.1, 0.15) is 18.1 Å². The highest BCUT2D eigenvalue weighted by Crippen LogP contribution is 2.32. The number of sulfonamides is 1. The molecule has 8 heteroatoms. The van der Waals surface area contributed by atoms with Crippen LogP contribution in [0.1, 0.15) is 41.4 Å². The van der Waals surface area contributed by atoms with Crippen LogP contribution in [0, 0.1) is 0 Å². The Hall–Kier alpha value is -2.45. The summed E-state index contributed by atoms with van der Waals surface area (Å²) in [5, 5.41) is 0. The molecule has 1 fully saturated rings. The molecule has 1 amide bonds. The van der Waals surface area contributed by atoms with Gasteiger partial charge in [-0.15, -0.1) is 0 Å². The fourth-order valence-corrected chi connectivity index (χ4v) is 4.74. The van der Waals surface area contributed by atoms with Gasteiger partial charge < -0.3 is 9.64 Å². The lowest BCUT2D eigenvalue weighted by molar-refractivity contribution is 0.0639. The maximum absolute atomic E-state index is 13.0. The van der Waals surface area contributed by atoms with Gasteiger partial charge in [-0.2, -0.15) is 4.31 Å². The molecule has 0 spiro atoms. The lowest BCUT2D eigenvalue weighted by Crippen LogP contribution is -2.40. The average Bonchev–Trinajstić information content (AvgIpc) is 3.54. The molecule has 1 aliphatic carbocycles. The molecule has 1 aromatic carbocycles. The highest BCUT2D eigenvalue weighted by atomic mass is 32.2. The second kappa shape index (κ2) is 7.76. The minimum absolute atomic E-state index is 0.0994. The molecule has 0 radical (unpaired) electrons. The number of hydrogen-bond donors (Lipinski definition) is 0. The van der Waals surface area contributed by atoms with Gasteiger partial charge >= 0.3 is 0 Å². The van der Waals surface area contributed by atoms with E-state index in [1.54, 1.807) is 33.6 Å². The first-order chi connectivity index (χ1) is 13.8. The van der Waals surface area contributed by atoms with Crippen molar-refractivity contribution in [3.05, 3.63) is 59.4 Å². The molecule has 154 valence electrons. The van der Waals surface area contributed by atoms with Crippen LogP contribution in [0.3, 0.4) is 0 Å². The Labute approximate surface area is 171 Å². The van der Waals surface area contributed by atoms with Crippen molar-refractivity contribution in [3.8, 4) is 5.75 Å². The molecular formula is C21H25N3O4S. The van der Waals surface area contributed by atoms with E-state index >= 15 is 0 Å². The van der Waals surface area contributed by atoms with Crippen LogP contribution in [-0.2, 0) is 23.1 Å². The number of amides is 1. The summed E-state index contributed by atoms with van der Waals surface area (Å²) in [5.41, 5.74) is 2.17. The summed E-state index contributed by atoms with van der Waals surface area (Å²) in [6, 6.07) is 11.0. The van der Waals surface area contributed by atoms with Crippen LogP contribution in [0.15, 0.2) is 42.6 Å². The molecule has 0 bridgehead atoms. The Morgan fingerprint density at radius 1 is 1.28 bits per heavy atom. The van der Waals surface area contributed by atoms with E-state index in [4.69, 9.17) is 4.74 Å². The first-order valence-electron chi connectivity index (χ1n) is 9.76. The van der Waals surface area contributed by atoms with Crippen molar-refractivity contribution in [3.63, 3.8) is 0 Å². The van der Waals surface area contributed by atoms with E-state index in [2.05, 4.69) is 4.98 Å². The summed E-state index contributed by atoms with van der Waals surface area (Å²) in [5.74, 6) is 0.588. The predicted octanol–water partition coefficient (Wildman–Crippen LogP) is 2.43. The highest BCUT2D eigenvalue weighted by Gasteiger charge is 2.35. The summed E-state index contributed by atoms with van der Waals surface area (Å²) in [6.45, 7) is 3.07. The standard InChI is InChI=1S/C21H25N3O4S/c1-15-14-28-20-9-6-16(12-24(18-7-8-18)29(2,26)27)11-17(20)13-23(15)21(25)19-5-3-4-10-22-19/h3-6,9-11,15,18H,7-8,12-14H2,1-2H3. The fraction of sp³-hybridized carbons (Fsp3) is 0.429. The topological polar surface area (TPSA) is 79.8 Å². The zero-order valence-corrected chi connectivity index (χ0v) is 17.4. The number of aromatic nitrogens is 1. The molecular weight excluding hydrogens is 390 g/mol. The number of hydrogen-bond acceptors (Lipinski definition) is 5. The average molecular weight is 416 g/mol. The van der Waals surface area contributed by atoms with Crippen LogP contribution in [0.5, 0.6) is 5.75 Å². The van der Waals surface area contributed by atoms with Gasteiger partial charge in [-0.3, -0.25) is 9.78 Å². The lowest BCUT2D eigenvalue weighted by atomic mass is 10.1. The van der Waals surface area contributed by atoms with Crippen molar-refractivity contribution in [2.45, 2.75) is 44.9 Å². The smallest absolute Gasteiger partial charge is 0.273 e. The predicted molar refractivity (Wildman–Crippen MR) is 109 cm³/mol. The first-order valence-corrected chi connectivity index (χ1v) is 11.6. The van der Waals surface area contributed by atoms with Crippen molar-refractivity contribution in [1.29, 1.82) is 0 Å². The normalized spacial score (nSPS) is 19.4. The second-order valence-electron chi connectivity index (χ2n) is 7.79. The molecule has 7 nitrogen and oxygen atoms in total. The van der Waals surface area contributed by atoms with Crippen molar-refractivity contribution >= 4 is 15.9 Å². The molecule has 1 atom stereocenters. The summed E-state index contributed by atoms with van der Waals surface area (Å²) >= 11 is 0. The summed E-state index contributed by atoms with van der Waals surface area (Å²) < 4.78 is 31.8. The number of carbonyl (C=O) groups is 1. The largest absolute Gasteiger partial charge is 0.491 e. The molecule has 29 heavy (non-hydrogen) atoms. The van der Waals surface area contributed by atoms with Crippen molar-refractivity contribution in [2.24, 2.45) is 0 Å². The monoisotopic (exact) mass is 415 g/mol. The minimum atomic E-state index is -3.27. The van der Waals surface area contributed by atoms with Gasteiger partial charge in [-0.05, 0) is 49.6 Å². The van der Waals surface area contributed by atoms with Crippen LogP contribution < -0.4 is 4.74 Å². The van der Waals surface area contributed by atoms with E-state index in [0.29, 0.717) is 25.4 Å². The van der Waals surface area contributed by atoms with E-state index in [1.807, 2.05) is 25.1 Å². The van der Waals surface area contributed by atoms with Gasteiger partial charge in [0, 0.05) is 24.3 Å². The molecule has 2 heterocycles. The van der Waals surface area contributed by atoms with E-state index in [0.717, 1.165) is 29.7 Å². The molecule has 0 saturated heterocycles. The SMILES string of the molecule is CC1COc2ccc(CN(C3CC3)S(C)(=O)=O)cc2CN1C(=O)c1ccccn1. The van der Waals surface area contributed by atoms with Crippen molar-refractivity contribution in [1.82, 2.24) is 14.2 Å². The summed E-state index contributed by atoms with van der Waals surface area (Å²) in [6.07, 6.45) is 4.68. The second-order valence-corrected chi connectivity index (χ2v) is 9.72. The number of nitrogens with zero attached hydrogens (tertiary/aromatic N) is 3. The Bertz CT molecular complexity index is 1010. The Morgan fingerprint density at radius 3 is 2.72 bits per heavy atom. The van der Waals surface area contributed by atoms with Gasteiger partial charge in [-0.25, -0.2) is 8.42 Å². The molecule has 1 aromatic heterocycles. The maximum atomic E-state index is 13.0. The molecule has 1 saturated carbocycles. The zero-order valence-electron chi connectivity index (χ0n) is 16.6. The molecule has 2 aliphatic rings. The van der Waals surface area contributed by atoms with Crippen molar-refractivity contribution < 1.29 is 17.9 Å². The molecule has 4 rings (SSSR count). The number of ether oxygens (including phenoxy) is 1. The number of fused-ring (bicyclic) bond motifs is 1. The van der Waals surface area contributed by atoms with Gasteiger partial charge in [0.25, 0.3) is 5.91 Å². The van der Waals surface area contributed by atoms with Crippen LogP contribution in [0.2, 0.25) is 0 Å². The van der Waals surface area contributed by atoms with Crippen LogP contribution in [-0.4, -0.2) is 53.5 Å². The third-order valence-corrected chi connectivity index (χ3v) is 6.62. The van der Waals surface area contributed by atoms with E-state index in [1.165, 1.54) is 6.26 Å². The Morgan fingerprint density at radius 2 is 2.07 bits per heavy atom. The van der Waals surface area contributed by atoms with Gasteiger partial charge in [0.2, 0.25) is 10.0 Å². The number of pyridine rings is 1. The number of rotatable bonds is 5. The van der Waals surface area contributed by atoms with Crippen LogP contribution in [0.4, 0.5) is 0 Å². The van der Waals surface area contributed by atoms with Gasteiger partial charge in [-0.1, -0.05) is 12.1 Å². The minimum Gasteiger partial charge on any atom is -0.491 e. The van der Waals surface area contributed by atoms with Crippen LogP contribution >= 0.6 is 0 Å². The molecule has 2 aromatic rings. The molecule has 1 aliphatic heterocycles. The Balaban J connectivity index is 1.59. The highest BCUT2D eigenvalue weighted by molar-refractivity contribution is 7.88. The number of benzene rings is 1. The summed E-state index contributed by atoms with van der Waals surface area (Å²) in [7, 11) is -3.27. The zero-order chi connectivity index (χ0) is 20.6. The third-order valence-electron chi connectivity index (χ3n) is 5.34. The molecule has 0 N–H and O–H groups in total. The van der Waals surface area contributed by atoms with Crippen LogP contribution in [0.25, 0.3) is 0 Å². The lowest BCUT2D eigenvalue weighted by Gasteiger charge is -2.26. The fourth-order valence-electron chi connectivity index (χ4n) is 3.60. The maximum Gasteiger partial charge on any atom is 0.273 e. The first kappa shape index (κ1) is 19.8. The van der Waals surface area contributed by atoms with E-state index in [-0.39, 0.29) is 18.0 Å². The van der Waals surface area contributed by atoms with Gasteiger partial charge in [0.15, 0.2) is 0 Å². The molecule has 1 unspecified atom stereocenters. The summed E-state index contributed by atoms with van der Waals surface area (Å²) in [4.78, 5) is 18.9. The van der Waals surface area contributed by atoms with E-state index in [9.17, 15) is 13.2 Å².